The third-order valence-corrected chi connectivity index (χ3v) is 4.90. The lowest BCUT2D eigenvalue weighted by Gasteiger charge is -2.10. The Hall–Kier alpha value is -3.13. The number of aromatic nitrogens is 2. The van der Waals surface area contributed by atoms with Crippen molar-refractivity contribution in [1.82, 2.24) is 9.55 Å². The Labute approximate surface area is 160 Å². The van der Waals surface area contributed by atoms with Crippen molar-refractivity contribution in [2.75, 3.05) is 0 Å². The summed E-state index contributed by atoms with van der Waals surface area (Å²) in [5.74, 6) is 1.53. The van der Waals surface area contributed by atoms with Gasteiger partial charge in [0.05, 0.1) is 11.0 Å². The molecule has 4 aromatic rings. The molecule has 0 aliphatic rings. The Morgan fingerprint density at radius 3 is 2.26 bits per heavy atom. The second kappa shape index (κ2) is 7.63. The Morgan fingerprint density at radius 1 is 0.815 bits per heavy atom. The molecule has 1 aromatic heterocycles. The molecule has 134 valence electrons. The fourth-order valence-electron chi connectivity index (χ4n) is 3.31. The number of nitrogens with zero attached hydrogens (tertiary/aromatic N) is 2. The van der Waals surface area contributed by atoms with Gasteiger partial charge in [-0.1, -0.05) is 86.7 Å². The van der Waals surface area contributed by atoms with Crippen molar-refractivity contribution in [3.63, 3.8) is 0 Å². The van der Waals surface area contributed by atoms with E-state index in [-0.39, 0.29) is 0 Å². The van der Waals surface area contributed by atoms with Gasteiger partial charge in [-0.25, -0.2) is 4.98 Å². The first-order valence-electron chi connectivity index (χ1n) is 9.48. The van der Waals surface area contributed by atoms with Gasteiger partial charge in [0.15, 0.2) is 0 Å². The van der Waals surface area contributed by atoms with Crippen LogP contribution in [0, 0.1) is 0 Å². The average Bonchev–Trinajstić information content (AvgIpc) is 3.05. The highest BCUT2D eigenvalue weighted by Gasteiger charge is 2.09. The van der Waals surface area contributed by atoms with Gasteiger partial charge in [-0.15, -0.1) is 0 Å². The van der Waals surface area contributed by atoms with Crippen molar-refractivity contribution in [2.45, 2.75) is 26.3 Å². The summed E-state index contributed by atoms with van der Waals surface area (Å²) in [4.78, 5) is 4.85. The quantitative estimate of drug-likeness (QED) is 0.407. The van der Waals surface area contributed by atoms with Crippen LogP contribution >= 0.6 is 0 Å². The molecule has 0 saturated carbocycles. The van der Waals surface area contributed by atoms with Crippen LogP contribution in [0.2, 0.25) is 0 Å². The summed E-state index contributed by atoms with van der Waals surface area (Å²) in [5, 5.41) is 0. The van der Waals surface area contributed by atoms with Gasteiger partial charge in [0.25, 0.3) is 0 Å². The van der Waals surface area contributed by atoms with Gasteiger partial charge in [0, 0.05) is 6.54 Å². The van der Waals surface area contributed by atoms with E-state index < -0.39 is 0 Å². The first-order chi connectivity index (χ1) is 13.2. The molecule has 4 rings (SSSR count). The van der Waals surface area contributed by atoms with Crippen molar-refractivity contribution in [1.29, 1.82) is 0 Å². The standard InChI is InChI=1S/C25H24N2/c1-19(2)22-15-12-21(13-16-22)18-27-24-11-7-6-10-23(24)26-25(27)17-14-20-8-4-3-5-9-20/h3-17,19H,18H2,1-2H3. The summed E-state index contributed by atoms with van der Waals surface area (Å²) in [5.41, 5.74) is 6.04. The molecule has 0 spiro atoms. The SMILES string of the molecule is CC(C)c1ccc(Cn2c(C=Cc3ccccc3)nc3ccccc32)cc1. The van der Waals surface area contributed by atoms with Gasteiger partial charge in [-0.2, -0.15) is 0 Å². The molecule has 0 atom stereocenters. The minimum Gasteiger partial charge on any atom is -0.320 e. The molecule has 0 bridgehead atoms. The lowest BCUT2D eigenvalue weighted by atomic mass is 10.0. The van der Waals surface area contributed by atoms with E-state index in [1.54, 1.807) is 0 Å². The molecule has 0 saturated heterocycles. The molecule has 3 aromatic carbocycles. The van der Waals surface area contributed by atoms with Crippen LogP contribution in [0.3, 0.4) is 0 Å². The van der Waals surface area contributed by atoms with Gasteiger partial charge >= 0.3 is 0 Å². The Morgan fingerprint density at radius 2 is 1.52 bits per heavy atom. The molecule has 0 aliphatic carbocycles. The van der Waals surface area contributed by atoms with Gasteiger partial charge in [0.1, 0.15) is 5.82 Å². The van der Waals surface area contributed by atoms with E-state index in [9.17, 15) is 0 Å². The molecule has 0 unspecified atom stereocenters. The van der Waals surface area contributed by atoms with Crippen LogP contribution in [-0.4, -0.2) is 9.55 Å². The predicted octanol–water partition coefficient (Wildman–Crippen LogP) is 6.38. The Bertz CT molecular complexity index is 1050. The van der Waals surface area contributed by atoms with Crippen LogP contribution in [0.4, 0.5) is 0 Å². The van der Waals surface area contributed by atoms with Crippen LogP contribution in [0.15, 0.2) is 78.9 Å². The van der Waals surface area contributed by atoms with Crippen LogP contribution < -0.4 is 0 Å². The van der Waals surface area contributed by atoms with Crippen molar-refractivity contribution >= 4 is 23.2 Å². The summed E-state index contributed by atoms with van der Waals surface area (Å²) in [6, 6.07) is 27.6. The minimum atomic E-state index is 0.553. The molecule has 2 heteroatoms. The summed E-state index contributed by atoms with van der Waals surface area (Å²) < 4.78 is 2.29. The lowest BCUT2D eigenvalue weighted by molar-refractivity contribution is 0.809. The maximum absolute atomic E-state index is 4.85. The van der Waals surface area contributed by atoms with Crippen molar-refractivity contribution in [3.05, 3.63) is 101 Å². The molecule has 1 heterocycles. The molecule has 0 N–H and O–H groups in total. The molecule has 0 amide bonds. The Kier molecular flexibility index (Phi) is 4.88. The highest BCUT2D eigenvalue weighted by molar-refractivity contribution is 5.80. The topological polar surface area (TPSA) is 17.8 Å². The lowest BCUT2D eigenvalue weighted by Crippen LogP contribution is -2.02. The number of rotatable bonds is 5. The van der Waals surface area contributed by atoms with E-state index in [4.69, 9.17) is 4.98 Å². The first kappa shape index (κ1) is 17.3. The number of para-hydroxylation sites is 2. The number of hydrogen-bond donors (Lipinski definition) is 0. The summed E-state index contributed by atoms with van der Waals surface area (Å²) in [6.07, 6.45) is 4.23. The molecular formula is C25H24N2. The van der Waals surface area contributed by atoms with Gasteiger partial charge in [-0.3, -0.25) is 0 Å². The zero-order valence-electron chi connectivity index (χ0n) is 15.8. The third kappa shape index (κ3) is 3.85. The van der Waals surface area contributed by atoms with E-state index >= 15 is 0 Å². The fraction of sp³-hybridized carbons (Fsp3) is 0.160. The molecule has 0 aliphatic heterocycles. The van der Waals surface area contributed by atoms with Gasteiger partial charge in [0.2, 0.25) is 0 Å². The highest BCUT2D eigenvalue weighted by atomic mass is 15.1. The Balaban J connectivity index is 1.71. The van der Waals surface area contributed by atoms with Crippen LogP contribution in [0.5, 0.6) is 0 Å². The maximum atomic E-state index is 4.85. The minimum absolute atomic E-state index is 0.553. The van der Waals surface area contributed by atoms with Crippen LogP contribution in [0.25, 0.3) is 23.2 Å². The van der Waals surface area contributed by atoms with Crippen LogP contribution in [0.1, 0.15) is 42.3 Å². The number of hydrogen-bond acceptors (Lipinski definition) is 1. The summed E-state index contributed by atoms with van der Waals surface area (Å²) in [6.45, 7) is 5.27. The second-order valence-corrected chi connectivity index (χ2v) is 7.19. The van der Waals surface area contributed by atoms with E-state index in [2.05, 4.69) is 97.3 Å². The van der Waals surface area contributed by atoms with Crippen molar-refractivity contribution < 1.29 is 0 Å². The second-order valence-electron chi connectivity index (χ2n) is 7.19. The monoisotopic (exact) mass is 352 g/mol. The first-order valence-corrected chi connectivity index (χ1v) is 9.48. The normalized spacial score (nSPS) is 11.7. The fourth-order valence-corrected chi connectivity index (χ4v) is 3.31. The van der Waals surface area contributed by atoms with E-state index in [1.807, 2.05) is 12.1 Å². The van der Waals surface area contributed by atoms with E-state index in [0.717, 1.165) is 23.4 Å². The summed E-state index contributed by atoms with van der Waals surface area (Å²) >= 11 is 0. The largest absolute Gasteiger partial charge is 0.320 e. The molecule has 27 heavy (non-hydrogen) atoms. The number of fused-ring (bicyclic) bond motifs is 1. The van der Waals surface area contributed by atoms with Gasteiger partial charge in [-0.05, 0) is 40.8 Å². The molecule has 2 nitrogen and oxygen atoms in total. The van der Waals surface area contributed by atoms with E-state index in [1.165, 1.54) is 16.7 Å². The highest BCUT2D eigenvalue weighted by Crippen LogP contribution is 2.21. The average molecular weight is 352 g/mol. The predicted molar refractivity (Wildman–Crippen MR) is 115 cm³/mol. The number of imidazole rings is 1. The zero-order chi connectivity index (χ0) is 18.6. The van der Waals surface area contributed by atoms with E-state index in [0.29, 0.717) is 5.92 Å². The van der Waals surface area contributed by atoms with Crippen LogP contribution in [-0.2, 0) is 6.54 Å². The van der Waals surface area contributed by atoms with Crippen molar-refractivity contribution in [2.24, 2.45) is 0 Å². The van der Waals surface area contributed by atoms with Crippen molar-refractivity contribution in [3.8, 4) is 0 Å². The third-order valence-electron chi connectivity index (χ3n) is 4.90. The molecular weight excluding hydrogens is 328 g/mol. The molecule has 0 radical (unpaired) electrons. The summed E-state index contributed by atoms with van der Waals surface area (Å²) in [7, 11) is 0. The number of benzene rings is 3. The zero-order valence-corrected chi connectivity index (χ0v) is 15.8. The smallest absolute Gasteiger partial charge is 0.134 e. The molecule has 0 fully saturated rings. The maximum Gasteiger partial charge on any atom is 0.134 e. The van der Waals surface area contributed by atoms with Gasteiger partial charge < -0.3 is 4.57 Å².